The molecule has 0 radical (unpaired) electrons. The van der Waals surface area contributed by atoms with Crippen molar-refractivity contribution in [3.8, 4) is 16.9 Å². The van der Waals surface area contributed by atoms with E-state index in [0.29, 0.717) is 12.3 Å². The highest BCUT2D eigenvalue weighted by atomic mass is 16.6. The van der Waals surface area contributed by atoms with Crippen molar-refractivity contribution in [2.45, 2.75) is 103 Å². The Morgan fingerprint density at radius 3 is 2.30 bits per heavy atom. The normalized spacial score (nSPS) is 17.3. The molecule has 2 aromatic carbocycles. The Hall–Kier alpha value is -3.15. The maximum Gasteiger partial charge on any atom is 0.350 e. The van der Waals surface area contributed by atoms with Gasteiger partial charge in [0.25, 0.3) is 5.91 Å². The molecule has 0 atom stereocenters. The molecule has 1 amide bonds. The number of carbonyl (C=O) groups excluding carboxylic acids is 2. The van der Waals surface area contributed by atoms with Crippen molar-refractivity contribution >= 4 is 17.7 Å². The second-order valence-electron chi connectivity index (χ2n) is 11.7. The Kier molecular flexibility index (Phi) is 7.50. The SMILES string of the molecule is CCCC1=NC2(CCCC2)C(=O)N1Cc1ccc(-c2cccc(OC(C)(C)C(=O)OC(C)(C)C)c2)cc1. The molecule has 0 unspecified atom stereocenters. The van der Waals surface area contributed by atoms with Crippen LogP contribution in [0.5, 0.6) is 5.75 Å². The molecule has 4 rings (SSSR count). The summed E-state index contributed by atoms with van der Waals surface area (Å²) in [6.45, 7) is 11.6. The molecule has 198 valence electrons. The van der Waals surface area contributed by atoms with E-state index in [1.165, 1.54) is 0 Å². The number of aliphatic imine (C=N–C) groups is 1. The highest BCUT2D eigenvalue weighted by molar-refractivity contribution is 6.08. The molecule has 1 fully saturated rings. The molecule has 0 aromatic heterocycles. The number of ether oxygens (including phenoxy) is 2. The number of amidine groups is 1. The summed E-state index contributed by atoms with van der Waals surface area (Å²) in [6.07, 6.45) is 5.71. The molecular formula is C31H40N2O4. The average Bonchev–Trinajstić information content (AvgIpc) is 3.39. The summed E-state index contributed by atoms with van der Waals surface area (Å²) in [4.78, 5) is 32.8. The molecule has 37 heavy (non-hydrogen) atoms. The monoisotopic (exact) mass is 504 g/mol. The number of benzene rings is 2. The minimum atomic E-state index is -1.12. The number of amides is 1. The fourth-order valence-corrected chi connectivity index (χ4v) is 5.05. The summed E-state index contributed by atoms with van der Waals surface area (Å²) in [7, 11) is 0. The van der Waals surface area contributed by atoms with Crippen LogP contribution in [0.4, 0.5) is 0 Å². The van der Waals surface area contributed by atoms with E-state index in [1.54, 1.807) is 13.8 Å². The maximum atomic E-state index is 13.3. The van der Waals surface area contributed by atoms with E-state index in [-0.39, 0.29) is 5.91 Å². The van der Waals surface area contributed by atoms with Crippen LogP contribution in [0, 0.1) is 0 Å². The third kappa shape index (κ3) is 6.06. The topological polar surface area (TPSA) is 68.2 Å². The van der Waals surface area contributed by atoms with Crippen LogP contribution in [0.25, 0.3) is 11.1 Å². The minimum Gasteiger partial charge on any atom is -0.476 e. The van der Waals surface area contributed by atoms with Gasteiger partial charge in [0, 0.05) is 6.42 Å². The minimum absolute atomic E-state index is 0.176. The smallest absolute Gasteiger partial charge is 0.350 e. The summed E-state index contributed by atoms with van der Waals surface area (Å²) in [5.41, 5.74) is 0.896. The van der Waals surface area contributed by atoms with Crippen LogP contribution in [-0.4, -0.2) is 39.4 Å². The Morgan fingerprint density at radius 2 is 1.68 bits per heavy atom. The molecule has 1 saturated carbocycles. The van der Waals surface area contributed by atoms with Crippen LogP contribution in [0.3, 0.4) is 0 Å². The predicted molar refractivity (Wildman–Crippen MR) is 147 cm³/mol. The lowest BCUT2D eigenvalue weighted by atomic mass is 9.98. The third-order valence-electron chi connectivity index (χ3n) is 6.93. The summed E-state index contributed by atoms with van der Waals surface area (Å²) in [6, 6.07) is 16.0. The molecule has 1 spiro atoms. The Bertz CT molecular complexity index is 1170. The van der Waals surface area contributed by atoms with Crippen LogP contribution in [-0.2, 0) is 20.9 Å². The zero-order valence-electron chi connectivity index (χ0n) is 23.1. The van der Waals surface area contributed by atoms with E-state index in [1.807, 2.05) is 49.9 Å². The quantitative estimate of drug-likeness (QED) is 0.375. The van der Waals surface area contributed by atoms with Crippen molar-refractivity contribution in [3.63, 3.8) is 0 Å². The van der Waals surface area contributed by atoms with Gasteiger partial charge in [0.2, 0.25) is 0 Å². The van der Waals surface area contributed by atoms with E-state index < -0.39 is 22.7 Å². The van der Waals surface area contributed by atoms with Gasteiger partial charge in [0.1, 0.15) is 22.7 Å². The zero-order valence-corrected chi connectivity index (χ0v) is 23.1. The number of hydrogen-bond acceptors (Lipinski definition) is 5. The van der Waals surface area contributed by atoms with Crippen molar-refractivity contribution < 1.29 is 19.1 Å². The van der Waals surface area contributed by atoms with Crippen molar-refractivity contribution in [1.82, 2.24) is 4.90 Å². The number of esters is 1. The lowest BCUT2D eigenvalue weighted by Gasteiger charge is -2.29. The Morgan fingerprint density at radius 1 is 1.00 bits per heavy atom. The van der Waals surface area contributed by atoms with Crippen molar-refractivity contribution in [2.24, 2.45) is 4.99 Å². The molecule has 2 aromatic rings. The van der Waals surface area contributed by atoms with E-state index in [2.05, 4.69) is 31.2 Å². The first kappa shape index (κ1) is 26.9. The first-order valence-electron chi connectivity index (χ1n) is 13.4. The highest BCUT2D eigenvalue weighted by Gasteiger charge is 2.49. The Balaban J connectivity index is 1.47. The van der Waals surface area contributed by atoms with E-state index in [9.17, 15) is 9.59 Å². The lowest BCUT2D eigenvalue weighted by molar-refractivity contribution is -0.170. The van der Waals surface area contributed by atoms with Gasteiger partial charge >= 0.3 is 5.97 Å². The van der Waals surface area contributed by atoms with Gasteiger partial charge in [0.05, 0.1) is 6.54 Å². The summed E-state index contributed by atoms with van der Waals surface area (Å²) < 4.78 is 11.6. The number of rotatable bonds is 8. The van der Waals surface area contributed by atoms with Crippen LogP contribution in [0.15, 0.2) is 53.5 Å². The van der Waals surface area contributed by atoms with Crippen LogP contribution < -0.4 is 4.74 Å². The second kappa shape index (κ2) is 10.3. The second-order valence-corrected chi connectivity index (χ2v) is 11.7. The van der Waals surface area contributed by atoms with E-state index in [4.69, 9.17) is 14.5 Å². The summed E-state index contributed by atoms with van der Waals surface area (Å²) in [5.74, 6) is 1.31. The predicted octanol–water partition coefficient (Wildman–Crippen LogP) is 6.71. The molecule has 0 saturated heterocycles. The lowest BCUT2D eigenvalue weighted by Crippen LogP contribution is -2.43. The zero-order chi connectivity index (χ0) is 26.8. The molecule has 1 heterocycles. The van der Waals surface area contributed by atoms with Crippen LogP contribution >= 0.6 is 0 Å². The first-order chi connectivity index (χ1) is 17.4. The van der Waals surface area contributed by atoms with E-state index >= 15 is 0 Å². The fraction of sp³-hybridized carbons (Fsp3) is 0.516. The summed E-state index contributed by atoms with van der Waals surface area (Å²) >= 11 is 0. The molecular weight excluding hydrogens is 464 g/mol. The molecule has 0 bridgehead atoms. The van der Waals surface area contributed by atoms with E-state index in [0.717, 1.165) is 61.1 Å². The van der Waals surface area contributed by atoms with Gasteiger partial charge in [-0.25, -0.2) is 4.79 Å². The van der Waals surface area contributed by atoms with Gasteiger partial charge in [-0.1, -0.05) is 56.2 Å². The standard InChI is InChI=1S/C31H40N2O4/c1-7-11-26-32-31(18-8-9-19-31)27(34)33(26)21-22-14-16-23(17-15-22)24-12-10-13-25(20-24)36-30(5,6)28(35)37-29(2,3)4/h10,12-17,20H,7-9,11,18-19,21H2,1-6H3. The van der Waals surface area contributed by atoms with Gasteiger partial charge in [-0.15, -0.1) is 0 Å². The fourth-order valence-electron chi connectivity index (χ4n) is 5.05. The van der Waals surface area contributed by atoms with Crippen LogP contribution in [0.2, 0.25) is 0 Å². The number of nitrogens with zero attached hydrogens (tertiary/aromatic N) is 2. The van der Waals surface area contributed by atoms with Gasteiger partial charge in [0.15, 0.2) is 5.60 Å². The first-order valence-corrected chi connectivity index (χ1v) is 13.4. The van der Waals surface area contributed by atoms with Crippen LogP contribution in [0.1, 0.15) is 85.6 Å². The molecule has 1 aliphatic heterocycles. The van der Waals surface area contributed by atoms with Crippen molar-refractivity contribution in [1.29, 1.82) is 0 Å². The largest absolute Gasteiger partial charge is 0.476 e. The number of hydrogen-bond donors (Lipinski definition) is 0. The van der Waals surface area contributed by atoms with Gasteiger partial charge in [-0.05, 0) is 82.7 Å². The highest BCUT2D eigenvalue weighted by Crippen LogP contribution is 2.40. The molecule has 2 aliphatic rings. The van der Waals surface area contributed by atoms with Gasteiger partial charge < -0.3 is 9.47 Å². The van der Waals surface area contributed by atoms with Gasteiger partial charge in [-0.3, -0.25) is 14.7 Å². The van der Waals surface area contributed by atoms with Crippen molar-refractivity contribution in [3.05, 3.63) is 54.1 Å². The molecule has 0 N–H and O–H groups in total. The molecule has 1 aliphatic carbocycles. The molecule has 6 nitrogen and oxygen atoms in total. The number of carbonyl (C=O) groups is 2. The Labute approximate surface area is 221 Å². The third-order valence-corrected chi connectivity index (χ3v) is 6.93. The summed E-state index contributed by atoms with van der Waals surface area (Å²) in [5, 5.41) is 0. The average molecular weight is 505 g/mol. The molecule has 6 heteroatoms. The maximum absolute atomic E-state index is 13.3. The van der Waals surface area contributed by atoms with Crippen molar-refractivity contribution in [2.75, 3.05) is 0 Å². The van der Waals surface area contributed by atoms with Gasteiger partial charge in [-0.2, -0.15) is 0 Å².